The van der Waals surface area contributed by atoms with Crippen molar-refractivity contribution in [2.75, 3.05) is 12.3 Å². The van der Waals surface area contributed by atoms with Gasteiger partial charge in [0.2, 0.25) is 0 Å². The van der Waals surface area contributed by atoms with Gasteiger partial charge in [-0.2, -0.15) is 0 Å². The van der Waals surface area contributed by atoms with Gasteiger partial charge in [-0.15, -0.1) is 11.8 Å². The first-order valence-corrected chi connectivity index (χ1v) is 8.20. The highest BCUT2D eigenvalue weighted by Gasteiger charge is 2.13. The molecule has 0 spiro atoms. The Morgan fingerprint density at radius 3 is 2.44 bits per heavy atom. The Hall–Kier alpha value is -0.470. The number of hydrogen-bond donors (Lipinski definition) is 1. The monoisotopic (exact) mass is 263 g/mol. The SMILES string of the molecule is CC(C)c1ccc(SCCNC2CCCC2)cc1. The van der Waals surface area contributed by atoms with E-state index in [2.05, 4.69) is 43.4 Å². The smallest absolute Gasteiger partial charge is 0.0106 e. The normalized spacial score (nSPS) is 16.6. The molecule has 1 nitrogen and oxygen atoms in total. The zero-order valence-electron chi connectivity index (χ0n) is 11.6. The first-order chi connectivity index (χ1) is 8.75. The summed E-state index contributed by atoms with van der Waals surface area (Å²) in [6.45, 7) is 5.63. The molecule has 0 atom stereocenters. The summed E-state index contributed by atoms with van der Waals surface area (Å²) in [6, 6.07) is 9.84. The molecular weight excluding hydrogens is 238 g/mol. The van der Waals surface area contributed by atoms with Crippen molar-refractivity contribution in [1.82, 2.24) is 5.32 Å². The van der Waals surface area contributed by atoms with Gasteiger partial charge in [-0.3, -0.25) is 0 Å². The van der Waals surface area contributed by atoms with E-state index in [9.17, 15) is 0 Å². The molecule has 1 aromatic carbocycles. The molecule has 0 heterocycles. The van der Waals surface area contributed by atoms with E-state index < -0.39 is 0 Å². The fourth-order valence-corrected chi connectivity index (χ4v) is 3.29. The van der Waals surface area contributed by atoms with Gasteiger partial charge in [0.05, 0.1) is 0 Å². The van der Waals surface area contributed by atoms with E-state index in [-0.39, 0.29) is 0 Å². The Labute approximate surface area is 116 Å². The number of benzene rings is 1. The van der Waals surface area contributed by atoms with E-state index in [4.69, 9.17) is 0 Å². The van der Waals surface area contributed by atoms with Crippen LogP contribution in [0.4, 0.5) is 0 Å². The Morgan fingerprint density at radius 1 is 1.17 bits per heavy atom. The molecule has 0 radical (unpaired) electrons. The van der Waals surface area contributed by atoms with E-state index in [0.29, 0.717) is 5.92 Å². The first-order valence-electron chi connectivity index (χ1n) is 7.22. The largest absolute Gasteiger partial charge is 0.313 e. The minimum Gasteiger partial charge on any atom is -0.313 e. The van der Waals surface area contributed by atoms with Crippen molar-refractivity contribution >= 4 is 11.8 Å². The summed E-state index contributed by atoms with van der Waals surface area (Å²) in [5, 5.41) is 3.66. The zero-order chi connectivity index (χ0) is 12.8. The van der Waals surface area contributed by atoms with Gasteiger partial charge in [-0.25, -0.2) is 0 Å². The summed E-state index contributed by atoms with van der Waals surface area (Å²) in [6.07, 6.45) is 5.60. The van der Waals surface area contributed by atoms with Gasteiger partial charge >= 0.3 is 0 Å². The average Bonchev–Trinajstić information content (AvgIpc) is 2.88. The fourth-order valence-electron chi connectivity index (χ4n) is 2.51. The number of rotatable bonds is 6. The van der Waals surface area contributed by atoms with E-state index in [0.717, 1.165) is 12.6 Å². The van der Waals surface area contributed by atoms with Crippen LogP contribution in [0.15, 0.2) is 29.2 Å². The lowest BCUT2D eigenvalue weighted by Gasteiger charge is -2.11. The van der Waals surface area contributed by atoms with Crippen molar-refractivity contribution in [1.29, 1.82) is 0 Å². The van der Waals surface area contributed by atoms with Gasteiger partial charge in [0, 0.05) is 23.2 Å². The van der Waals surface area contributed by atoms with Crippen LogP contribution in [0.3, 0.4) is 0 Å². The predicted octanol–water partition coefficient (Wildman–Crippen LogP) is 4.43. The summed E-state index contributed by atoms with van der Waals surface area (Å²) in [5.41, 5.74) is 1.43. The van der Waals surface area contributed by atoms with Crippen LogP contribution in [-0.4, -0.2) is 18.3 Å². The maximum atomic E-state index is 3.66. The van der Waals surface area contributed by atoms with Crippen LogP contribution in [0.25, 0.3) is 0 Å². The summed E-state index contributed by atoms with van der Waals surface area (Å²) in [4.78, 5) is 1.40. The van der Waals surface area contributed by atoms with Gasteiger partial charge in [-0.05, 0) is 36.5 Å². The standard InChI is InChI=1S/C16H25NS/c1-13(2)14-7-9-16(10-8-14)18-12-11-17-15-5-3-4-6-15/h7-10,13,15,17H,3-6,11-12H2,1-2H3. The Balaban J connectivity index is 1.66. The molecular formula is C16H25NS. The van der Waals surface area contributed by atoms with Crippen LogP contribution in [0.2, 0.25) is 0 Å². The minimum atomic E-state index is 0.632. The first kappa shape index (κ1) is 14.0. The summed E-state index contributed by atoms with van der Waals surface area (Å²) >= 11 is 1.96. The van der Waals surface area contributed by atoms with Crippen molar-refractivity contribution in [3.63, 3.8) is 0 Å². The van der Waals surface area contributed by atoms with E-state index in [1.165, 1.54) is 41.9 Å². The van der Waals surface area contributed by atoms with Crippen molar-refractivity contribution in [3.05, 3.63) is 29.8 Å². The number of hydrogen-bond acceptors (Lipinski definition) is 2. The van der Waals surface area contributed by atoms with Crippen LogP contribution in [0.5, 0.6) is 0 Å². The Kier molecular flexibility index (Phi) is 5.58. The highest BCUT2D eigenvalue weighted by Crippen LogP contribution is 2.22. The molecule has 100 valence electrons. The molecule has 0 saturated heterocycles. The average molecular weight is 263 g/mol. The molecule has 1 aliphatic carbocycles. The second kappa shape index (κ2) is 7.20. The summed E-state index contributed by atoms with van der Waals surface area (Å²) in [5.74, 6) is 1.81. The summed E-state index contributed by atoms with van der Waals surface area (Å²) < 4.78 is 0. The molecule has 0 amide bonds. The third-order valence-electron chi connectivity index (χ3n) is 3.71. The lowest BCUT2D eigenvalue weighted by molar-refractivity contribution is 0.545. The van der Waals surface area contributed by atoms with Crippen molar-refractivity contribution in [2.24, 2.45) is 0 Å². The van der Waals surface area contributed by atoms with Crippen LogP contribution in [-0.2, 0) is 0 Å². The quantitative estimate of drug-likeness (QED) is 0.602. The maximum Gasteiger partial charge on any atom is 0.0106 e. The highest BCUT2D eigenvalue weighted by atomic mass is 32.2. The number of nitrogens with one attached hydrogen (secondary N) is 1. The van der Waals surface area contributed by atoms with Gasteiger partial charge in [-0.1, -0.05) is 38.8 Å². The molecule has 1 aliphatic rings. The molecule has 1 saturated carbocycles. The van der Waals surface area contributed by atoms with Crippen molar-refractivity contribution in [3.8, 4) is 0 Å². The van der Waals surface area contributed by atoms with Crippen LogP contribution < -0.4 is 5.32 Å². The zero-order valence-corrected chi connectivity index (χ0v) is 12.4. The fraction of sp³-hybridized carbons (Fsp3) is 0.625. The summed E-state index contributed by atoms with van der Waals surface area (Å²) in [7, 11) is 0. The van der Waals surface area contributed by atoms with Crippen LogP contribution in [0.1, 0.15) is 51.0 Å². The molecule has 2 heteroatoms. The molecule has 1 aromatic rings. The Morgan fingerprint density at radius 2 is 1.83 bits per heavy atom. The molecule has 0 bridgehead atoms. The van der Waals surface area contributed by atoms with E-state index >= 15 is 0 Å². The molecule has 1 N–H and O–H groups in total. The molecule has 18 heavy (non-hydrogen) atoms. The highest BCUT2D eigenvalue weighted by molar-refractivity contribution is 7.99. The third kappa shape index (κ3) is 4.33. The maximum absolute atomic E-state index is 3.66. The van der Waals surface area contributed by atoms with Crippen LogP contribution >= 0.6 is 11.8 Å². The lowest BCUT2D eigenvalue weighted by atomic mass is 10.0. The molecule has 0 aromatic heterocycles. The lowest BCUT2D eigenvalue weighted by Crippen LogP contribution is -2.27. The minimum absolute atomic E-state index is 0.632. The molecule has 2 rings (SSSR count). The number of thioether (sulfide) groups is 1. The predicted molar refractivity (Wildman–Crippen MR) is 81.5 cm³/mol. The van der Waals surface area contributed by atoms with Crippen molar-refractivity contribution in [2.45, 2.75) is 56.4 Å². The Bertz CT molecular complexity index is 339. The molecule has 0 aliphatic heterocycles. The van der Waals surface area contributed by atoms with Gasteiger partial charge in [0.15, 0.2) is 0 Å². The molecule has 1 fully saturated rings. The van der Waals surface area contributed by atoms with Gasteiger partial charge < -0.3 is 5.32 Å². The second-order valence-corrected chi connectivity index (χ2v) is 6.68. The third-order valence-corrected chi connectivity index (χ3v) is 4.72. The molecule has 0 unspecified atom stereocenters. The van der Waals surface area contributed by atoms with E-state index in [1.807, 2.05) is 11.8 Å². The van der Waals surface area contributed by atoms with Gasteiger partial charge in [0.1, 0.15) is 0 Å². The van der Waals surface area contributed by atoms with E-state index in [1.54, 1.807) is 0 Å². The topological polar surface area (TPSA) is 12.0 Å². The van der Waals surface area contributed by atoms with Crippen molar-refractivity contribution < 1.29 is 0 Å². The van der Waals surface area contributed by atoms with Gasteiger partial charge in [0.25, 0.3) is 0 Å². The van der Waals surface area contributed by atoms with Crippen LogP contribution in [0, 0.1) is 0 Å². The second-order valence-electron chi connectivity index (χ2n) is 5.51.